The molecule has 140 valence electrons. The minimum Gasteiger partial charge on any atom is -0.389 e. The van der Waals surface area contributed by atoms with Crippen LogP contribution in [-0.4, -0.2) is 62.0 Å². The van der Waals surface area contributed by atoms with E-state index in [-0.39, 0.29) is 5.91 Å². The van der Waals surface area contributed by atoms with Crippen molar-refractivity contribution in [3.8, 4) is 0 Å². The average Bonchev–Trinajstić information content (AvgIpc) is 3.30. The average molecular weight is 356 g/mol. The summed E-state index contributed by atoms with van der Waals surface area (Å²) in [5, 5.41) is 10.7. The highest BCUT2D eigenvalue weighted by Gasteiger charge is 2.33. The summed E-state index contributed by atoms with van der Waals surface area (Å²) in [7, 11) is 0. The van der Waals surface area contributed by atoms with Gasteiger partial charge in [0.15, 0.2) is 5.69 Å². The standard InChI is InChI=1S/C20H28N4O2/c1-2-20(26)9-7-10-22(15-20)14-16-18(19(25)23-11-5-6-12-23)21-17-8-3-4-13-24(16)17/h3-4,8,13,26H,2,5-7,9-12,14-15H2,1H3/t20-/m0/s1. The summed E-state index contributed by atoms with van der Waals surface area (Å²) in [5.74, 6) is 0.0453. The fourth-order valence-electron chi connectivity index (χ4n) is 4.28. The summed E-state index contributed by atoms with van der Waals surface area (Å²) in [5.41, 5.74) is 1.71. The number of pyridine rings is 1. The number of piperidine rings is 1. The Morgan fingerprint density at radius 3 is 2.81 bits per heavy atom. The molecule has 2 aromatic heterocycles. The molecule has 2 aliphatic rings. The van der Waals surface area contributed by atoms with Gasteiger partial charge in [0.05, 0.1) is 11.3 Å². The number of aromatic nitrogens is 2. The van der Waals surface area contributed by atoms with Crippen LogP contribution in [0.3, 0.4) is 0 Å². The van der Waals surface area contributed by atoms with Gasteiger partial charge in [0.2, 0.25) is 0 Å². The number of carbonyl (C=O) groups excluding carboxylic acids is 1. The molecule has 6 heteroatoms. The first-order chi connectivity index (χ1) is 12.6. The maximum atomic E-state index is 13.0. The van der Waals surface area contributed by atoms with E-state index in [0.29, 0.717) is 18.8 Å². The predicted molar refractivity (Wildman–Crippen MR) is 100 cm³/mol. The monoisotopic (exact) mass is 356 g/mol. The second-order valence-corrected chi connectivity index (χ2v) is 7.73. The molecular formula is C20H28N4O2. The summed E-state index contributed by atoms with van der Waals surface area (Å²) in [6, 6.07) is 5.87. The van der Waals surface area contributed by atoms with Gasteiger partial charge in [0, 0.05) is 32.4 Å². The number of amides is 1. The lowest BCUT2D eigenvalue weighted by atomic mass is 9.90. The molecule has 0 spiro atoms. The Kier molecular flexibility index (Phi) is 4.71. The largest absolute Gasteiger partial charge is 0.389 e. The third-order valence-corrected chi connectivity index (χ3v) is 5.89. The van der Waals surface area contributed by atoms with Crippen LogP contribution >= 0.6 is 0 Å². The van der Waals surface area contributed by atoms with Crippen LogP contribution in [0.15, 0.2) is 24.4 Å². The Hall–Kier alpha value is -1.92. The van der Waals surface area contributed by atoms with Crippen LogP contribution in [0, 0.1) is 0 Å². The van der Waals surface area contributed by atoms with Crippen molar-refractivity contribution < 1.29 is 9.90 Å². The Balaban J connectivity index is 1.66. The van der Waals surface area contributed by atoms with Crippen molar-refractivity contribution >= 4 is 11.6 Å². The number of β-amino-alcohol motifs (C(OH)–C–C–N with tert-alkyl or cyclic N) is 1. The van der Waals surface area contributed by atoms with Gasteiger partial charge in [0.1, 0.15) is 5.65 Å². The summed E-state index contributed by atoms with van der Waals surface area (Å²) >= 11 is 0. The Labute approximate surface area is 154 Å². The van der Waals surface area contributed by atoms with E-state index in [4.69, 9.17) is 0 Å². The van der Waals surface area contributed by atoms with Gasteiger partial charge in [-0.3, -0.25) is 9.69 Å². The maximum absolute atomic E-state index is 13.0. The van der Waals surface area contributed by atoms with Crippen LogP contribution in [0.25, 0.3) is 5.65 Å². The molecule has 0 aromatic carbocycles. The van der Waals surface area contributed by atoms with E-state index in [1.165, 1.54) is 0 Å². The van der Waals surface area contributed by atoms with Crippen molar-refractivity contribution in [2.75, 3.05) is 26.2 Å². The number of imidazole rings is 1. The number of hydrogen-bond acceptors (Lipinski definition) is 4. The molecule has 6 nitrogen and oxygen atoms in total. The van der Waals surface area contributed by atoms with Gasteiger partial charge in [-0.1, -0.05) is 13.0 Å². The first-order valence-corrected chi connectivity index (χ1v) is 9.80. The van der Waals surface area contributed by atoms with E-state index in [0.717, 1.165) is 63.1 Å². The minimum absolute atomic E-state index is 0.0453. The smallest absolute Gasteiger partial charge is 0.274 e. The molecule has 1 amide bonds. The molecule has 0 unspecified atom stereocenters. The van der Waals surface area contributed by atoms with Crippen LogP contribution < -0.4 is 0 Å². The summed E-state index contributed by atoms with van der Waals surface area (Å²) < 4.78 is 2.03. The van der Waals surface area contributed by atoms with Gasteiger partial charge < -0.3 is 14.4 Å². The van der Waals surface area contributed by atoms with E-state index >= 15 is 0 Å². The SMILES string of the molecule is CC[C@]1(O)CCCN(Cc2c(C(=O)N3CCCC3)nc3ccccn23)C1. The number of carbonyl (C=O) groups is 1. The van der Waals surface area contributed by atoms with Crippen molar-refractivity contribution in [2.45, 2.75) is 51.2 Å². The van der Waals surface area contributed by atoms with Gasteiger partial charge >= 0.3 is 0 Å². The predicted octanol–water partition coefficient (Wildman–Crippen LogP) is 2.31. The Morgan fingerprint density at radius 1 is 1.23 bits per heavy atom. The molecule has 0 saturated carbocycles. The number of likely N-dealkylation sites (tertiary alicyclic amines) is 2. The fraction of sp³-hybridized carbons (Fsp3) is 0.600. The van der Waals surface area contributed by atoms with Crippen molar-refractivity contribution in [1.29, 1.82) is 0 Å². The summed E-state index contributed by atoms with van der Waals surface area (Å²) in [6.45, 7) is 5.93. The van der Waals surface area contributed by atoms with E-state index < -0.39 is 5.60 Å². The lowest BCUT2D eigenvalue weighted by molar-refractivity contribution is -0.0361. The third-order valence-electron chi connectivity index (χ3n) is 5.89. The zero-order valence-corrected chi connectivity index (χ0v) is 15.5. The minimum atomic E-state index is -0.613. The second kappa shape index (κ2) is 7.00. The third kappa shape index (κ3) is 3.23. The lowest BCUT2D eigenvalue weighted by Gasteiger charge is -2.38. The Bertz CT molecular complexity index is 796. The highest BCUT2D eigenvalue weighted by atomic mass is 16.3. The highest BCUT2D eigenvalue weighted by Crippen LogP contribution is 2.27. The van der Waals surface area contributed by atoms with Crippen LogP contribution in [0.2, 0.25) is 0 Å². The molecule has 0 bridgehead atoms. The van der Waals surface area contributed by atoms with Crippen molar-refractivity contribution in [3.63, 3.8) is 0 Å². The van der Waals surface area contributed by atoms with E-state index in [2.05, 4.69) is 9.88 Å². The van der Waals surface area contributed by atoms with E-state index in [1.807, 2.05) is 40.6 Å². The number of rotatable bonds is 4. The molecule has 26 heavy (non-hydrogen) atoms. The normalized spacial score (nSPS) is 24.5. The lowest BCUT2D eigenvalue weighted by Crippen LogP contribution is -2.47. The zero-order valence-electron chi connectivity index (χ0n) is 15.5. The van der Waals surface area contributed by atoms with Crippen LogP contribution in [-0.2, 0) is 6.54 Å². The van der Waals surface area contributed by atoms with Gasteiger partial charge in [-0.15, -0.1) is 0 Å². The molecule has 4 rings (SSSR count). The first-order valence-electron chi connectivity index (χ1n) is 9.80. The quantitative estimate of drug-likeness (QED) is 0.913. The molecule has 4 heterocycles. The maximum Gasteiger partial charge on any atom is 0.274 e. The van der Waals surface area contributed by atoms with Crippen molar-refractivity contribution in [1.82, 2.24) is 19.2 Å². The molecule has 2 aliphatic heterocycles. The molecule has 2 saturated heterocycles. The first kappa shape index (κ1) is 17.5. The number of hydrogen-bond donors (Lipinski definition) is 1. The van der Waals surface area contributed by atoms with Gasteiger partial charge in [-0.05, 0) is 50.8 Å². The fourth-order valence-corrected chi connectivity index (χ4v) is 4.28. The Morgan fingerprint density at radius 2 is 2.04 bits per heavy atom. The van der Waals surface area contributed by atoms with Crippen LogP contribution in [0.5, 0.6) is 0 Å². The van der Waals surface area contributed by atoms with Crippen molar-refractivity contribution in [3.05, 3.63) is 35.8 Å². The highest BCUT2D eigenvalue weighted by molar-refractivity contribution is 5.94. The van der Waals surface area contributed by atoms with Gasteiger partial charge in [0.25, 0.3) is 5.91 Å². The number of aliphatic hydroxyl groups is 1. The molecule has 1 N–H and O–H groups in total. The van der Waals surface area contributed by atoms with Gasteiger partial charge in [-0.2, -0.15) is 0 Å². The number of nitrogens with zero attached hydrogens (tertiary/aromatic N) is 4. The summed E-state index contributed by atoms with van der Waals surface area (Å²) in [6.07, 6.45) is 6.72. The summed E-state index contributed by atoms with van der Waals surface area (Å²) in [4.78, 5) is 21.9. The molecule has 2 fully saturated rings. The van der Waals surface area contributed by atoms with E-state index in [1.54, 1.807) is 0 Å². The van der Waals surface area contributed by atoms with Gasteiger partial charge in [-0.25, -0.2) is 4.98 Å². The molecule has 1 atom stereocenters. The second-order valence-electron chi connectivity index (χ2n) is 7.73. The van der Waals surface area contributed by atoms with Crippen molar-refractivity contribution in [2.24, 2.45) is 0 Å². The topological polar surface area (TPSA) is 61.1 Å². The van der Waals surface area contributed by atoms with Crippen LogP contribution in [0.1, 0.15) is 55.2 Å². The molecule has 2 aromatic rings. The molecule has 0 aliphatic carbocycles. The number of fused-ring (bicyclic) bond motifs is 1. The molecular weight excluding hydrogens is 328 g/mol. The van der Waals surface area contributed by atoms with E-state index in [9.17, 15) is 9.90 Å². The van der Waals surface area contributed by atoms with Crippen LogP contribution in [0.4, 0.5) is 0 Å². The molecule has 0 radical (unpaired) electrons. The zero-order chi connectivity index (χ0) is 18.1.